The van der Waals surface area contributed by atoms with E-state index in [1.165, 1.54) is 6.08 Å². The summed E-state index contributed by atoms with van der Waals surface area (Å²) in [5.74, 6) is 2.19. The van der Waals surface area contributed by atoms with Crippen LogP contribution in [0, 0.1) is 6.92 Å². The molecule has 2 saturated heterocycles. The van der Waals surface area contributed by atoms with Gasteiger partial charge in [0, 0.05) is 98.0 Å². The number of nitrogens with one attached hydrogen (secondary N) is 8. The summed E-state index contributed by atoms with van der Waals surface area (Å²) in [5.41, 5.74) is 2.94. The van der Waals surface area contributed by atoms with Crippen molar-refractivity contribution in [3.63, 3.8) is 0 Å². The SMILES string of the molecule is C=CC(=O)Nc1cccc(Nc2nc(Nc3cccc(OCCCNC(=O)CCCC(=O)NCCCOCCOCCOCCCNC(=O)CCCCC[C@@H]4SC[C@@H]5NC(=O)N[C@@H]54)c3)ncc2C)c1. The normalized spacial score (nSPS) is 15.8. The number of carbonyl (C=O) groups is 5. The summed E-state index contributed by atoms with van der Waals surface area (Å²) in [6, 6.07) is 15.2. The summed E-state index contributed by atoms with van der Waals surface area (Å²) in [6.45, 7) is 10.2. The maximum absolute atomic E-state index is 12.3. The number of urea groups is 1. The number of thioether (sulfide) groups is 1. The Hall–Kier alpha value is -5.96. The lowest BCUT2D eigenvalue weighted by Gasteiger charge is -2.16. The molecule has 0 radical (unpaired) electrons. The average molecular weight is 975 g/mol. The van der Waals surface area contributed by atoms with Crippen molar-refractivity contribution in [2.24, 2.45) is 0 Å². The molecule has 20 heteroatoms. The molecular formula is C49H70N10O9S. The monoisotopic (exact) mass is 975 g/mol. The van der Waals surface area contributed by atoms with E-state index < -0.39 is 0 Å². The summed E-state index contributed by atoms with van der Waals surface area (Å²) in [4.78, 5) is 68.9. The molecule has 0 bridgehead atoms. The number of benzene rings is 2. The van der Waals surface area contributed by atoms with E-state index in [0.29, 0.717) is 120 Å². The Balaban J connectivity index is 0.769. The van der Waals surface area contributed by atoms with Gasteiger partial charge >= 0.3 is 6.03 Å². The van der Waals surface area contributed by atoms with Crippen molar-refractivity contribution in [3.8, 4) is 5.75 Å². The maximum atomic E-state index is 12.3. The van der Waals surface area contributed by atoms with Crippen LogP contribution < -0.4 is 47.3 Å². The number of amides is 6. The van der Waals surface area contributed by atoms with Gasteiger partial charge in [-0.25, -0.2) is 9.78 Å². The van der Waals surface area contributed by atoms with Crippen molar-refractivity contribution >= 4 is 70.3 Å². The van der Waals surface area contributed by atoms with Crippen molar-refractivity contribution in [3.05, 3.63) is 72.9 Å². The number of carbonyl (C=O) groups excluding carboxylic acids is 5. The number of hydrogen-bond acceptors (Lipinski definition) is 14. The molecule has 3 atom stereocenters. The molecular weight excluding hydrogens is 905 g/mol. The molecule has 2 fully saturated rings. The molecule has 5 rings (SSSR count). The maximum Gasteiger partial charge on any atom is 0.315 e. The van der Waals surface area contributed by atoms with E-state index in [-0.39, 0.29) is 54.6 Å². The fourth-order valence-electron chi connectivity index (χ4n) is 7.39. The van der Waals surface area contributed by atoms with Gasteiger partial charge in [0.15, 0.2) is 0 Å². The fraction of sp³-hybridized carbons (Fsp3) is 0.531. The number of anilines is 5. The number of hydrogen-bond donors (Lipinski definition) is 8. The van der Waals surface area contributed by atoms with Crippen LogP contribution in [0.1, 0.15) is 76.2 Å². The topological polar surface area (TPSA) is 244 Å². The highest BCUT2D eigenvalue weighted by atomic mass is 32.2. The lowest BCUT2D eigenvalue weighted by atomic mass is 10.0. The Morgan fingerprint density at radius 3 is 2.01 bits per heavy atom. The van der Waals surface area contributed by atoms with Gasteiger partial charge in [-0.2, -0.15) is 16.7 Å². The van der Waals surface area contributed by atoms with Crippen LogP contribution in [0.15, 0.2) is 67.4 Å². The quantitative estimate of drug-likeness (QED) is 0.0202. The molecule has 2 aliphatic heterocycles. The second-order valence-corrected chi connectivity index (χ2v) is 17.9. The Kier molecular flexibility index (Phi) is 24.4. The van der Waals surface area contributed by atoms with E-state index in [2.05, 4.69) is 59.1 Å². The van der Waals surface area contributed by atoms with Gasteiger partial charge in [0.2, 0.25) is 29.6 Å². The van der Waals surface area contributed by atoms with Crippen LogP contribution >= 0.6 is 11.8 Å². The summed E-state index contributed by atoms with van der Waals surface area (Å²) in [7, 11) is 0. The Morgan fingerprint density at radius 2 is 1.33 bits per heavy atom. The van der Waals surface area contributed by atoms with Crippen molar-refractivity contribution in [2.75, 3.05) is 87.6 Å². The van der Waals surface area contributed by atoms with Gasteiger partial charge in [0.25, 0.3) is 0 Å². The van der Waals surface area contributed by atoms with Crippen molar-refractivity contribution < 1.29 is 42.9 Å². The number of fused-ring (bicyclic) bond motifs is 1. The lowest BCUT2D eigenvalue weighted by Crippen LogP contribution is -2.36. The van der Waals surface area contributed by atoms with Crippen molar-refractivity contribution in [1.82, 2.24) is 36.6 Å². The standard InChI is InChI=1S/C49H70N10O9S/c1-3-42(60)54-36-13-7-14-37(31-36)55-47-35(2)33-53-48(59-47)56-38-15-8-16-39(32-38)68-26-12-23-52-45(63)20-9-19-44(62)51-22-11-25-66-28-30-67-29-27-65-24-10-21-50-43(61)18-6-4-5-17-41-46-40(34-69-41)57-49(64)58-46/h3,7-8,13-16,31-33,40-41,46H,1,4-6,9-12,17-30,34H2,2H3,(H,50,61)(H,51,62)(H,52,63)(H,54,60)(H2,57,58,64)(H2,53,55,56,59)/t40-,41-,46-/m0/s1. The number of unbranched alkanes of at least 4 members (excludes halogenated alkanes) is 2. The van der Waals surface area contributed by atoms with Crippen LogP contribution in [0.4, 0.5) is 33.6 Å². The molecule has 6 amide bonds. The average Bonchev–Trinajstić information content (AvgIpc) is 3.90. The largest absolute Gasteiger partial charge is 0.493 e. The van der Waals surface area contributed by atoms with Crippen molar-refractivity contribution in [1.29, 1.82) is 0 Å². The first-order valence-corrected chi connectivity index (χ1v) is 25.1. The van der Waals surface area contributed by atoms with Crippen LogP contribution in [-0.2, 0) is 33.4 Å². The molecule has 0 spiro atoms. The van der Waals surface area contributed by atoms with E-state index in [1.54, 1.807) is 18.3 Å². The van der Waals surface area contributed by atoms with Crippen LogP contribution in [0.2, 0.25) is 0 Å². The van der Waals surface area contributed by atoms with Gasteiger partial charge in [-0.05, 0) is 81.9 Å². The first-order valence-electron chi connectivity index (χ1n) is 24.0. The summed E-state index contributed by atoms with van der Waals surface area (Å²) >= 11 is 1.92. The lowest BCUT2D eigenvalue weighted by molar-refractivity contribution is -0.123. The molecule has 2 aromatic carbocycles. The van der Waals surface area contributed by atoms with Gasteiger partial charge < -0.3 is 61.5 Å². The molecule has 8 N–H and O–H groups in total. The summed E-state index contributed by atoms with van der Waals surface area (Å²) in [6.07, 6.45) is 10.5. The molecule has 1 aromatic heterocycles. The van der Waals surface area contributed by atoms with E-state index in [4.69, 9.17) is 18.9 Å². The van der Waals surface area contributed by atoms with Crippen molar-refractivity contribution in [2.45, 2.75) is 94.9 Å². The van der Waals surface area contributed by atoms with Gasteiger partial charge in [-0.1, -0.05) is 31.6 Å². The second-order valence-electron chi connectivity index (χ2n) is 16.6. The van der Waals surface area contributed by atoms with E-state index in [0.717, 1.165) is 54.8 Å². The Morgan fingerprint density at radius 1 is 0.725 bits per heavy atom. The zero-order chi connectivity index (χ0) is 48.9. The van der Waals surface area contributed by atoms with Gasteiger partial charge in [-0.15, -0.1) is 0 Å². The van der Waals surface area contributed by atoms with Crippen LogP contribution in [0.25, 0.3) is 0 Å². The number of ether oxygens (including phenoxy) is 4. The predicted molar refractivity (Wildman–Crippen MR) is 268 cm³/mol. The smallest absolute Gasteiger partial charge is 0.315 e. The van der Waals surface area contributed by atoms with Crippen LogP contribution in [-0.4, -0.2) is 129 Å². The third kappa shape index (κ3) is 21.5. The van der Waals surface area contributed by atoms with Crippen LogP contribution in [0.5, 0.6) is 5.75 Å². The minimum absolute atomic E-state index is 0.0515. The van der Waals surface area contributed by atoms with E-state index in [9.17, 15) is 24.0 Å². The number of nitrogens with zero attached hydrogens (tertiary/aromatic N) is 2. The summed E-state index contributed by atoms with van der Waals surface area (Å²) in [5, 5.41) is 24.4. The van der Waals surface area contributed by atoms with E-state index >= 15 is 0 Å². The molecule has 0 aliphatic carbocycles. The first-order chi connectivity index (χ1) is 33.6. The fourth-order valence-corrected chi connectivity index (χ4v) is 8.93. The highest BCUT2D eigenvalue weighted by Gasteiger charge is 2.42. The Labute approximate surface area is 409 Å². The van der Waals surface area contributed by atoms with Gasteiger partial charge in [0.1, 0.15) is 11.6 Å². The molecule has 3 heterocycles. The molecule has 0 unspecified atom stereocenters. The molecule has 2 aliphatic rings. The Bertz CT molecular complexity index is 2100. The zero-order valence-electron chi connectivity index (χ0n) is 39.7. The predicted octanol–water partition coefficient (Wildman–Crippen LogP) is 5.63. The highest BCUT2D eigenvalue weighted by molar-refractivity contribution is 8.00. The van der Waals surface area contributed by atoms with Crippen LogP contribution in [0.3, 0.4) is 0 Å². The van der Waals surface area contributed by atoms with Gasteiger partial charge in [0.05, 0.1) is 45.1 Å². The number of aryl methyl sites for hydroxylation is 1. The second kappa shape index (κ2) is 31.2. The zero-order valence-corrected chi connectivity index (χ0v) is 40.6. The minimum Gasteiger partial charge on any atom is -0.493 e. The number of aromatic nitrogens is 2. The summed E-state index contributed by atoms with van der Waals surface area (Å²) < 4.78 is 22.6. The highest BCUT2D eigenvalue weighted by Crippen LogP contribution is 2.33. The molecule has 69 heavy (non-hydrogen) atoms. The number of rotatable bonds is 35. The first kappa shape index (κ1) is 54.0. The molecule has 3 aromatic rings. The molecule has 19 nitrogen and oxygen atoms in total. The van der Waals surface area contributed by atoms with E-state index in [1.807, 2.05) is 55.1 Å². The van der Waals surface area contributed by atoms with Gasteiger partial charge in [-0.3, -0.25) is 19.2 Å². The third-order valence-electron chi connectivity index (χ3n) is 11.0. The minimum atomic E-state index is -0.296. The molecule has 376 valence electrons. The third-order valence-corrected chi connectivity index (χ3v) is 12.5. The molecule has 0 saturated carbocycles.